The second-order valence-electron chi connectivity index (χ2n) is 3.84. The van der Waals surface area contributed by atoms with Crippen LogP contribution in [0, 0.1) is 12.8 Å². The first kappa shape index (κ1) is 9.51. The van der Waals surface area contributed by atoms with E-state index in [2.05, 4.69) is 5.10 Å². The smallest absolute Gasteiger partial charge is 0.151 e. The SMILES string of the molecule is Cc1cc(N)nn1CC1CS(=O)(=O)C1. The zero-order valence-electron chi connectivity index (χ0n) is 7.97. The molecule has 0 spiro atoms. The third-order valence-corrected chi connectivity index (χ3v) is 4.37. The fourth-order valence-electron chi connectivity index (χ4n) is 1.74. The Hall–Kier alpha value is -1.04. The summed E-state index contributed by atoms with van der Waals surface area (Å²) in [5, 5.41) is 4.08. The summed E-state index contributed by atoms with van der Waals surface area (Å²) in [6.45, 7) is 2.57. The van der Waals surface area contributed by atoms with Gasteiger partial charge in [0.05, 0.1) is 11.5 Å². The molecular formula is C8H13N3O2S. The van der Waals surface area contributed by atoms with Crippen molar-refractivity contribution in [2.75, 3.05) is 17.2 Å². The largest absolute Gasteiger partial charge is 0.382 e. The molecule has 0 bridgehead atoms. The van der Waals surface area contributed by atoms with Crippen LogP contribution in [-0.4, -0.2) is 29.7 Å². The normalized spacial score (nSPS) is 20.6. The maximum atomic E-state index is 10.9. The molecule has 2 N–H and O–H groups in total. The van der Waals surface area contributed by atoms with Gasteiger partial charge in [-0.3, -0.25) is 4.68 Å². The van der Waals surface area contributed by atoms with Gasteiger partial charge in [-0.15, -0.1) is 0 Å². The summed E-state index contributed by atoms with van der Waals surface area (Å²) in [7, 11) is -2.73. The second-order valence-corrected chi connectivity index (χ2v) is 5.99. The highest BCUT2D eigenvalue weighted by molar-refractivity contribution is 7.92. The van der Waals surface area contributed by atoms with E-state index < -0.39 is 9.84 Å². The third-order valence-electron chi connectivity index (χ3n) is 2.41. The molecule has 0 amide bonds. The molecule has 1 saturated heterocycles. The number of nitrogens with two attached hydrogens (primary N) is 1. The third kappa shape index (κ3) is 1.75. The lowest BCUT2D eigenvalue weighted by Gasteiger charge is -2.25. The average molecular weight is 215 g/mol. The van der Waals surface area contributed by atoms with E-state index in [1.807, 2.05) is 6.92 Å². The number of aryl methyl sites for hydroxylation is 1. The number of hydrogen-bond donors (Lipinski definition) is 1. The summed E-state index contributed by atoms with van der Waals surface area (Å²) in [4.78, 5) is 0. The molecule has 5 nitrogen and oxygen atoms in total. The highest BCUT2D eigenvalue weighted by Gasteiger charge is 2.33. The van der Waals surface area contributed by atoms with Crippen molar-refractivity contribution in [2.24, 2.45) is 5.92 Å². The fraction of sp³-hybridized carbons (Fsp3) is 0.625. The number of nitrogen functional groups attached to an aromatic ring is 1. The van der Waals surface area contributed by atoms with Crippen molar-refractivity contribution >= 4 is 15.7 Å². The van der Waals surface area contributed by atoms with Crippen LogP contribution in [0.2, 0.25) is 0 Å². The van der Waals surface area contributed by atoms with Gasteiger partial charge in [-0.2, -0.15) is 5.10 Å². The Morgan fingerprint density at radius 1 is 1.64 bits per heavy atom. The summed E-state index contributed by atoms with van der Waals surface area (Å²) in [6.07, 6.45) is 0. The van der Waals surface area contributed by atoms with Crippen molar-refractivity contribution in [3.63, 3.8) is 0 Å². The van der Waals surface area contributed by atoms with Gasteiger partial charge < -0.3 is 5.73 Å². The molecule has 0 aliphatic carbocycles. The summed E-state index contributed by atoms with van der Waals surface area (Å²) in [6, 6.07) is 1.78. The Kier molecular flexibility index (Phi) is 2.02. The Bertz CT molecular complexity index is 437. The van der Waals surface area contributed by atoms with Crippen LogP contribution in [0.1, 0.15) is 5.69 Å². The van der Waals surface area contributed by atoms with Gasteiger partial charge in [-0.05, 0) is 6.92 Å². The van der Waals surface area contributed by atoms with Gasteiger partial charge >= 0.3 is 0 Å². The first-order valence-electron chi connectivity index (χ1n) is 4.46. The molecule has 2 rings (SSSR count). The predicted molar refractivity (Wildman–Crippen MR) is 53.5 cm³/mol. The topological polar surface area (TPSA) is 78.0 Å². The molecule has 0 unspecified atom stereocenters. The van der Waals surface area contributed by atoms with Crippen molar-refractivity contribution in [3.05, 3.63) is 11.8 Å². The van der Waals surface area contributed by atoms with Crippen LogP contribution in [0.15, 0.2) is 6.07 Å². The number of anilines is 1. The highest BCUT2D eigenvalue weighted by atomic mass is 32.2. The van der Waals surface area contributed by atoms with E-state index in [-0.39, 0.29) is 17.4 Å². The second kappa shape index (κ2) is 2.98. The van der Waals surface area contributed by atoms with Gasteiger partial charge in [-0.25, -0.2) is 8.42 Å². The number of sulfone groups is 1. The lowest BCUT2D eigenvalue weighted by molar-refractivity contribution is 0.438. The lowest BCUT2D eigenvalue weighted by Crippen LogP contribution is -2.39. The predicted octanol–water partition coefficient (Wildman–Crippen LogP) is -0.182. The maximum Gasteiger partial charge on any atom is 0.151 e. The van der Waals surface area contributed by atoms with E-state index in [1.54, 1.807) is 10.7 Å². The Morgan fingerprint density at radius 2 is 2.29 bits per heavy atom. The molecule has 78 valence electrons. The molecule has 1 aromatic heterocycles. The molecule has 0 radical (unpaired) electrons. The van der Waals surface area contributed by atoms with Gasteiger partial charge in [0.25, 0.3) is 0 Å². The monoisotopic (exact) mass is 215 g/mol. The lowest BCUT2D eigenvalue weighted by atomic mass is 10.2. The highest BCUT2D eigenvalue weighted by Crippen LogP contribution is 2.20. The summed E-state index contributed by atoms with van der Waals surface area (Å²) >= 11 is 0. The maximum absolute atomic E-state index is 10.9. The summed E-state index contributed by atoms with van der Waals surface area (Å²) < 4.78 is 23.6. The van der Waals surface area contributed by atoms with Crippen molar-refractivity contribution in [3.8, 4) is 0 Å². The zero-order valence-corrected chi connectivity index (χ0v) is 8.79. The molecule has 0 aromatic carbocycles. The molecule has 1 fully saturated rings. The van der Waals surface area contributed by atoms with Gasteiger partial charge in [0.1, 0.15) is 5.82 Å². The number of hydrogen-bond acceptors (Lipinski definition) is 4. The minimum Gasteiger partial charge on any atom is -0.382 e. The van der Waals surface area contributed by atoms with Gasteiger partial charge in [0.2, 0.25) is 0 Å². The standard InChI is InChI=1S/C8H13N3O2S/c1-6-2-8(9)10-11(6)3-7-4-14(12,13)5-7/h2,7H,3-5H2,1H3,(H2,9,10). The minimum absolute atomic E-state index is 0.206. The van der Waals surface area contributed by atoms with E-state index in [1.165, 1.54) is 0 Å². The molecule has 1 aliphatic heterocycles. The van der Waals surface area contributed by atoms with E-state index in [4.69, 9.17) is 5.73 Å². The van der Waals surface area contributed by atoms with E-state index in [9.17, 15) is 8.42 Å². The molecule has 1 aromatic rings. The molecule has 2 heterocycles. The average Bonchev–Trinajstić information content (AvgIpc) is 2.26. The van der Waals surface area contributed by atoms with Crippen LogP contribution in [-0.2, 0) is 16.4 Å². The van der Waals surface area contributed by atoms with E-state index in [0.29, 0.717) is 12.4 Å². The molecular weight excluding hydrogens is 202 g/mol. The van der Waals surface area contributed by atoms with Crippen molar-refractivity contribution < 1.29 is 8.42 Å². The van der Waals surface area contributed by atoms with Crippen molar-refractivity contribution in [2.45, 2.75) is 13.5 Å². The molecule has 0 atom stereocenters. The number of aromatic nitrogens is 2. The van der Waals surface area contributed by atoms with Gasteiger partial charge in [0, 0.05) is 24.2 Å². The van der Waals surface area contributed by atoms with E-state index in [0.717, 1.165) is 5.69 Å². The summed E-state index contributed by atoms with van der Waals surface area (Å²) in [5.74, 6) is 1.26. The first-order chi connectivity index (χ1) is 6.46. The van der Waals surface area contributed by atoms with Gasteiger partial charge in [0.15, 0.2) is 9.84 Å². The molecule has 1 aliphatic rings. The number of rotatable bonds is 2. The van der Waals surface area contributed by atoms with Gasteiger partial charge in [-0.1, -0.05) is 0 Å². The Morgan fingerprint density at radius 3 is 2.71 bits per heavy atom. The van der Waals surface area contributed by atoms with Crippen molar-refractivity contribution in [1.29, 1.82) is 0 Å². The van der Waals surface area contributed by atoms with Crippen LogP contribution < -0.4 is 5.73 Å². The molecule has 14 heavy (non-hydrogen) atoms. The zero-order chi connectivity index (χ0) is 10.3. The Balaban J connectivity index is 2.03. The van der Waals surface area contributed by atoms with E-state index >= 15 is 0 Å². The van der Waals surface area contributed by atoms with Crippen LogP contribution in [0.25, 0.3) is 0 Å². The molecule has 0 saturated carbocycles. The van der Waals surface area contributed by atoms with Crippen LogP contribution in [0.5, 0.6) is 0 Å². The van der Waals surface area contributed by atoms with Crippen LogP contribution in [0.3, 0.4) is 0 Å². The number of nitrogens with zero attached hydrogens (tertiary/aromatic N) is 2. The quantitative estimate of drug-likeness (QED) is 0.742. The first-order valence-corrected chi connectivity index (χ1v) is 6.29. The van der Waals surface area contributed by atoms with Crippen LogP contribution >= 0.6 is 0 Å². The molecule has 6 heteroatoms. The van der Waals surface area contributed by atoms with Crippen LogP contribution in [0.4, 0.5) is 5.82 Å². The summed E-state index contributed by atoms with van der Waals surface area (Å²) in [5.41, 5.74) is 6.50. The minimum atomic E-state index is -2.73. The Labute approximate surface area is 82.8 Å². The van der Waals surface area contributed by atoms with Crippen molar-refractivity contribution in [1.82, 2.24) is 9.78 Å². The fourth-order valence-corrected chi connectivity index (χ4v) is 3.29.